The van der Waals surface area contributed by atoms with Gasteiger partial charge in [0.15, 0.2) is 6.61 Å². The second kappa shape index (κ2) is 10.0. The Morgan fingerprint density at radius 1 is 1.18 bits per heavy atom. The first-order valence-corrected chi connectivity index (χ1v) is 8.45. The Balaban J connectivity index is 1.98. The lowest BCUT2D eigenvalue weighted by Crippen LogP contribution is -2.21. The Kier molecular flexibility index (Phi) is 7.46. The van der Waals surface area contributed by atoms with Crippen molar-refractivity contribution >= 4 is 28.9 Å². The van der Waals surface area contributed by atoms with Crippen LogP contribution in [0, 0.1) is 17.0 Å². The fraction of sp³-hybridized carbons (Fsp3) is 0.263. The van der Waals surface area contributed by atoms with Crippen molar-refractivity contribution in [3.05, 3.63) is 63.7 Å². The monoisotopic (exact) mass is 387 g/mol. The molecule has 2 N–H and O–H groups in total. The number of hydrogen-bond donors (Lipinski definition) is 2. The van der Waals surface area contributed by atoms with Crippen molar-refractivity contribution in [3.63, 3.8) is 0 Å². The number of ether oxygens (including phenoxy) is 2. The number of hydrogen-bond acceptors (Lipinski definition) is 7. The first kappa shape index (κ1) is 20.8. The zero-order chi connectivity index (χ0) is 20.5. The van der Waals surface area contributed by atoms with E-state index in [9.17, 15) is 19.7 Å². The van der Waals surface area contributed by atoms with E-state index in [1.807, 2.05) is 13.0 Å². The smallest absolute Gasteiger partial charge is 0.338 e. The molecule has 0 aliphatic heterocycles. The molecule has 0 fully saturated rings. The van der Waals surface area contributed by atoms with Crippen molar-refractivity contribution in [1.82, 2.24) is 0 Å². The van der Waals surface area contributed by atoms with E-state index < -0.39 is 23.4 Å². The van der Waals surface area contributed by atoms with Gasteiger partial charge >= 0.3 is 5.97 Å². The summed E-state index contributed by atoms with van der Waals surface area (Å²) in [5.74, 6) is -1.34. The van der Waals surface area contributed by atoms with Gasteiger partial charge in [-0.1, -0.05) is 12.1 Å². The van der Waals surface area contributed by atoms with Crippen LogP contribution in [-0.4, -0.2) is 43.7 Å². The highest BCUT2D eigenvalue weighted by atomic mass is 16.6. The number of nitro groups is 1. The first-order valence-electron chi connectivity index (χ1n) is 8.45. The molecule has 2 aromatic rings. The van der Waals surface area contributed by atoms with Crippen molar-refractivity contribution in [3.8, 4) is 0 Å². The van der Waals surface area contributed by atoms with Crippen molar-refractivity contribution in [2.75, 3.05) is 37.5 Å². The van der Waals surface area contributed by atoms with E-state index in [-0.39, 0.29) is 16.9 Å². The number of methoxy groups -OCH3 is 1. The van der Waals surface area contributed by atoms with Crippen LogP contribution in [0.4, 0.5) is 17.1 Å². The Hall–Kier alpha value is -3.46. The molecule has 1 amide bonds. The van der Waals surface area contributed by atoms with Crippen LogP contribution in [0.1, 0.15) is 15.9 Å². The van der Waals surface area contributed by atoms with Crippen molar-refractivity contribution < 1.29 is 24.0 Å². The molecule has 0 unspecified atom stereocenters. The lowest BCUT2D eigenvalue weighted by atomic mass is 10.1. The third-order valence-electron chi connectivity index (χ3n) is 3.69. The normalized spacial score (nSPS) is 10.2. The minimum Gasteiger partial charge on any atom is -0.452 e. The molecular weight excluding hydrogens is 366 g/mol. The maximum atomic E-state index is 12.1. The minimum absolute atomic E-state index is 0.0210. The molecular formula is C19H21N3O6. The summed E-state index contributed by atoms with van der Waals surface area (Å²) in [5.41, 5.74) is 1.53. The van der Waals surface area contributed by atoms with Crippen LogP contribution in [0.25, 0.3) is 0 Å². The number of amides is 1. The Morgan fingerprint density at radius 3 is 2.64 bits per heavy atom. The zero-order valence-electron chi connectivity index (χ0n) is 15.6. The fourth-order valence-electron chi connectivity index (χ4n) is 2.38. The standard InChI is InChI=1S/C19H21N3O6/c1-13-4-3-5-15(10-13)21-18(23)12-28-19(24)14-6-7-16(20-8-9-27-2)17(11-14)22(25)26/h3-7,10-11,20H,8-9,12H2,1-2H3,(H,21,23). The minimum atomic E-state index is -0.828. The van der Waals surface area contributed by atoms with Gasteiger partial charge in [0.1, 0.15) is 5.69 Å². The van der Waals surface area contributed by atoms with E-state index in [0.29, 0.717) is 18.8 Å². The molecule has 2 rings (SSSR count). The first-order chi connectivity index (χ1) is 13.4. The summed E-state index contributed by atoms with van der Waals surface area (Å²) in [5, 5.41) is 16.7. The van der Waals surface area contributed by atoms with Gasteiger partial charge in [-0.25, -0.2) is 4.79 Å². The number of rotatable bonds is 9. The van der Waals surface area contributed by atoms with Crippen LogP contribution < -0.4 is 10.6 Å². The zero-order valence-corrected chi connectivity index (χ0v) is 15.6. The summed E-state index contributed by atoms with van der Waals surface area (Å²) < 4.78 is 9.84. The summed E-state index contributed by atoms with van der Waals surface area (Å²) in [7, 11) is 1.52. The lowest BCUT2D eigenvalue weighted by Gasteiger charge is -2.09. The average Bonchev–Trinajstić information content (AvgIpc) is 2.66. The summed E-state index contributed by atoms with van der Waals surface area (Å²) in [4.78, 5) is 34.7. The van der Waals surface area contributed by atoms with E-state index in [2.05, 4.69) is 10.6 Å². The van der Waals surface area contributed by atoms with Crippen molar-refractivity contribution in [1.29, 1.82) is 0 Å². The predicted molar refractivity (Wildman–Crippen MR) is 104 cm³/mol. The van der Waals surface area contributed by atoms with Gasteiger partial charge in [0.25, 0.3) is 11.6 Å². The Morgan fingerprint density at radius 2 is 1.96 bits per heavy atom. The molecule has 148 valence electrons. The molecule has 0 heterocycles. The van der Waals surface area contributed by atoms with Gasteiger partial charge in [0.05, 0.1) is 17.1 Å². The van der Waals surface area contributed by atoms with E-state index in [1.165, 1.54) is 19.2 Å². The van der Waals surface area contributed by atoms with Gasteiger partial charge in [0.2, 0.25) is 0 Å². The van der Waals surface area contributed by atoms with E-state index >= 15 is 0 Å². The van der Waals surface area contributed by atoms with Crippen LogP contribution in [0.5, 0.6) is 0 Å². The van der Waals surface area contributed by atoms with Crippen LogP contribution in [0.15, 0.2) is 42.5 Å². The second-order valence-corrected chi connectivity index (χ2v) is 5.90. The van der Waals surface area contributed by atoms with Gasteiger partial charge in [-0.2, -0.15) is 0 Å². The van der Waals surface area contributed by atoms with Gasteiger partial charge in [-0.3, -0.25) is 14.9 Å². The topological polar surface area (TPSA) is 120 Å². The highest BCUT2D eigenvalue weighted by molar-refractivity contribution is 5.96. The van der Waals surface area contributed by atoms with E-state index in [4.69, 9.17) is 9.47 Å². The molecule has 9 nitrogen and oxygen atoms in total. The van der Waals surface area contributed by atoms with Gasteiger partial charge in [0, 0.05) is 25.4 Å². The second-order valence-electron chi connectivity index (χ2n) is 5.90. The predicted octanol–water partition coefficient (Wildman–Crippen LogP) is 2.76. The molecule has 0 saturated heterocycles. The van der Waals surface area contributed by atoms with E-state index in [1.54, 1.807) is 18.2 Å². The summed E-state index contributed by atoms with van der Waals surface area (Å²) in [6.45, 7) is 2.13. The summed E-state index contributed by atoms with van der Waals surface area (Å²) in [6.07, 6.45) is 0. The SMILES string of the molecule is COCCNc1ccc(C(=O)OCC(=O)Nc2cccc(C)c2)cc1[N+](=O)[O-]. The third kappa shape index (κ3) is 6.06. The summed E-state index contributed by atoms with van der Waals surface area (Å²) in [6, 6.07) is 11.1. The molecule has 0 atom stereocenters. The maximum absolute atomic E-state index is 12.1. The molecule has 9 heteroatoms. The number of esters is 1. The van der Waals surface area contributed by atoms with Gasteiger partial charge in [-0.05, 0) is 36.8 Å². The van der Waals surface area contributed by atoms with Crippen LogP contribution in [0.2, 0.25) is 0 Å². The largest absolute Gasteiger partial charge is 0.452 e. The number of aryl methyl sites for hydroxylation is 1. The Labute approximate surface area is 161 Å². The van der Waals surface area contributed by atoms with Crippen molar-refractivity contribution in [2.45, 2.75) is 6.92 Å². The molecule has 0 radical (unpaired) electrons. The highest BCUT2D eigenvalue weighted by Gasteiger charge is 2.19. The fourth-order valence-corrected chi connectivity index (χ4v) is 2.38. The molecule has 0 bridgehead atoms. The molecule has 28 heavy (non-hydrogen) atoms. The number of nitrogens with one attached hydrogen (secondary N) is 2. The quantitative estimate of drug-likeness (QED) is 0.294. The van der Waals surface area contributed by atoms with Gasteiger partial charge < -0.3 is 20.1 Å². The lowest BCUT2D eigenvalue weighted by molar-refractivity contribution is -0.384. The van der Waals surface area contributed by atoms with Crippen molar-refractivity contribution in [2.24, 2.45) is 0 Å². The molecule has 0 spiro atoms. The number of nitro benzene ring substituents is 1. The number of benzene rings is 2. The van der Waals surface area contributed by atoms with Crippen LogP contribution >= 0.6 is 0 Å². The molecule has 0 aliphatic rings. The number of carbonyl (C=O) groups is 2. The molecule has 0 saturated carbocycles. The molecule has 2 aromatic carbocycles. The highest BCUT2D eigenvalue weighted by Crippen LogP contribution is 2.25. The van der Waals surface area contributed by atoms with Crippen LogP contribution in [-0.2, 0) is 14.3 Å². The Bertz CT molecular complexity index is 868. The number of carbonyl (C=O) groups excluding carboxylic acids is 2. The third-order valence-corrected chi connectivity index (χ3v) is 3.69. The number of anilines is 2. The van der Waals surface area contributed by atoms with Crippen LogP contribution in [0.3, 0.4) is 0 Å². The van der Waals surface area contributed by atoms with Gasteiger partial charge in [-0.15, -0.1) is 0 Å². The summed E-state index contributed by atoms with van der Waals surface area (Å²) >= 11 is 0. The molecule has 0 aliphatic carbocycles. The molecule has 0 aromatic heterocycles. The maximum Gasteiger partial charge on any atom is 0.338 e. The average molecular weight is 387 g/mol. The number of nitrogens with zero attached hydrogens (tertiary/aromatic N) is 1. The van der Waals surface area contributed by atoms with E-state index in [0.717, 1.165) is 11.6 Å².